The molecular formula is C18H18N2O5S. The van der Waals surface area contributed by atoms with Crippen LogP contribution in [0.25, 0.3) is 0 Å². The minimum Gasteiger partial charge on any atom is -0.486 e. The van der Waals surface area contributed by atoms with Crippen LogP contribution in [0.15, 0.2) is 47.4 Å². The molecule has 1 N–H and O–H groups in total. The second-order valence-corrected chi connectivity index (χ2v) is 7.79. The van der Waals surface area contributed by atoms with E-state index >= 15 is 0 Å². The third kappa shape index (κ3) is 3.20. The molecular weight excluding hydrogens is 356 g/mol. The van der Waals surface area contributed by atoms with Crippen LogP contribution in [0.5, 0.6) is 11.5 Å². The number of carbonyl (C=O) groups excluding carboxylic acids is 1. The van der Waals surface area contributed by atoms with Crippen LogP contribution in [0.4, 0.5) is 11.4 Å². The summed E-state index contributed by atoms with van der Waals surface area (Å²) < 4.78 is 38.8. The van der Waals surface area contributed by atoms with E-state index in [1.807, 2.05) is 0 Å². The minimum absolute atomic E-state index is 0.0526. The van der Waals surface area contributed by atoms with E-state index in [0.29, 0.717) is 49.1 Å². The second-order valence-electron chi connectivity index (χ2n) is 6.11. The highest BCUT2D eigenvalue weighted by Gasteiger charge is 2.23. The summed E-state index contributed by atoms with van der Waals surface area (Å²) in [6.45, 7) is 1.48. The Morgan fingerprint density at radius 2 is 1.81 bits per heavy atom. The van der Waals surface area contributed by atoms with E-state index in [0.717, 1.165) is 6.42 Å². The van der Waals surface area contributed by atoms with Gasteiger partial charge in [0.15, 0.2) is 11.5 Å². The molecule has 26 heavy (non-hydrogen) atoms. The Labute approximate surface area is 151 Å². The summed E-state index contributed by atoms with van der Waals surface area (Å²) in [4.78, 5) is 13.6. The molecule has 0 saturated carbocycles. The van der Waals surface area contributed by atoms with Gasteiger partial charge in [0.25, 0.3) is 10.0 Å². The fourth-order valence-electron chi connectivity index (χ4n) is 3.06. The van der Waals surface area contributed by atoms with E-state index in [1.165, 1.54) is 12.1 Å². The number of carbonyl (C=O) groups is 1. The highest BCUT2D eigenvalue weighted by atomic mass is 32.2. The maximum Gasteiger partial charge on any atom is 0.262 e. The largest absolute Gasteiger partial charge is 0.486 e. The van der Waals surface area contributed by atoms with E-state index in [-0.39, 0.29) is 10.8 Å². The third-order valence-corrected chi connectivity index (χ3v) is 5.69. The van der Waals surface area contributed by atoms with Gasteiger partial charge in [-0.15, -0.1) is 0 Å². The molecule has 2 aromatic rings. The molecule has 0 bridgehead atoms. The van der Waals surface area contributed by atoms with E-state index in [2.05, 4.69) is 4.72 Å². The predicted molar refractivity (Wildman–Crippen MR) is 96.3 cm³/mol. The SMILES string of the molecule is O=C1CCCN1c1cccc(NS(=O)(=O)c2ccc3c(c2)OCCO3)c1. The number of hydrogen-bond donors (Lipinski definition) is 1. The van der Waals surface area contributed by atoms with Gasteiger partial charge in [0.05, 0.1) is 10.6 Å². The van der Waals surface area contributed by atoms with Crippen molar-refractivity contribution in [2.24, 2.45) is 0 Å². The zero-order chi connectivity index (χ0) is 18.1. The normalized spacial score (nSPS) is 16.6. The Balaban J connectivity index is 1.59. The molecule has 1 fully saturated rings. The first-order valence-corrected chi connectivity index (χ1v) is 9.84. The quantitative estimate of drug-likeness (QED) is 0.888. The number of nitrogens with zero attached hydrogens (tertiary/aromatic N) is 1. The number of benzene rings is 2. The van der Waals surface area contributed by atoms with E-state index in [4.69, 9.17) is 9.47 Å². The summed E-state index contributed by atoms with van der Waals surface area (Å²) >= 11 is 0. The fourth-order valence-corrected chi connectivity index (χ4v) is 4.13. The second kappa shape index (κ2) is 6.53. The Morgan fingerprint density at radius 1 is 1.00 bits per heavy atom. The van der Waals surface area contributed by atoms with Crippen molar-refractivity contribution >= 4 is 27.3 Å². The third-order valence-electron chi connectivity index (χ3n) is 4.31. The van der Waals surface area contributed by atoms with Crippen molar-refractivity contribution in [3.8, 4) is 11.5 Å². The van der Waals surface area contributed by atoms with E-state index < -0.39 is 10.0 Å². The zero-order valence-electron chi connectivity index (χ0n) is 14.0. The molecule has 0 radical (unpaired) electrons. The molecule has 7 nitrogen and oxygen atoms in total. The van der Waals surface area contributed by atoms with Crippen molar-refractivity contribution in [1.82, 2.24) is 0 Å². The lowest BCUT2D eigenvalue weighted by atomic mass is 10.2. The van der Waals surface area contributed by atoms with Gasteiger partial charge in [0.2, 0.25) is 5.91 Å². The van der Waals surface area contributed by atoms with Crippen LogP contribution >= 0.6 is 0 Å². The van der Waals surface area contributed by atoms with Gasteiger partial charge < -0.3 is 14.4 Å². The molecule has 2 heterocycles. The summed E-state index contributed by atoms with van der Waals surface area (Å²) in [6, 6.07) is 11.4. The zero-order valence-corrected chi connectivity index (χ0v) is 14.8. The van der Waals surface area contributed by atoms with Crippen LogP contribution in [0.2, 0.25) is 0 Å². The maximum atomic E-state index is 12.7. The Bertz CT molecular complexity index is 958. The number of ether oxygens (including phenoxy) is 2. The molecule has 0 aliphatic carbocycles. The summed E-state index contributed by atoms with van der Waals surface area (Å²) in [5, 5.41) is 0. The lowest BCUT2D eigenvalue weighted by molar-refractivity contribution is -0.117. The smallest absolute Gasteiger partial charge is 0.262 e. The van der Waals surface area contributed by atoms with Crippen LogP contribution in [0.3, 0.4) is 0 Å². The van der Waals surface area contributed by atoms with Crippen molar-refractivity contribution in [2.45, 2.75) is 17.7 Å². The number of amides is 1. The van der Waals surface area contributed by atoms with Crippen LogP contribution in [0.1, 0.15) is 12.8 Å². The van der Waals surface area contributed by atoms with E-state index in [9.17, 15) is 13.2 Å². The summed E-state index contributed by atoms with van der Waals surface area (Å²) in [5.41, 5.74) is 1.09. The van der Waals surface area contributed by atoms with Crippen molar-refractivity contribution in [2.75, 3.05) is 29.4 Å². The van der Waals surface area contributed by atoms with Crippen molar-refractivity contribution < 1.29 is 22.7 Å². The van der Waals surface area contributed by atoms with Gasteiger partial charge in [-0.2, -0.15) is 0 Å². The van der Waals surface area contributed by atoms with Gasteiger partial charge in [0.1, 0.15) is 13.2 Å². The topological polar surface area (TPSA) is 84.9 Å². The standard InChI is InChI=1S/C18H18N2O5S/c21-18-5-2-8-20(18)14-4-1-3-13(11-14)19-26(22,23)15-6-7-16-17(12-15)25-10-9-24-16/h1,3-4,6-7,11-12,19H,2,5,8-10H2. The van der Waals surface area contributed by atoms with Crippen LogP contribution in [-0.4, -0.2) is 34.1 Å². The Hall–Kier alpha value is -2.74. The first kappa shape index (κ1) is 16.7. The summed E-state index contributed by atoms with van der Waals surface area (Å²) in [5.74, 6) is 0.997. The Kier molecular flexibility index (Phi) is 4.20. The molecule has 0 atom stereocenters. The summed E-state index contributed by atoms with van der Waals surface area (Å²) in [6.07, 6.45) is 1.33. The highest BCUT2D eigenvalue weighted by Crippen LogP contribution is 2.33. The molecule has 2 aliphatic rings. The lowest BCUT2D eigenvalue weighted by Crippen LogP contribution is -2.23. The number of hydrogen-bond acceptors (Lipinski definition) is 5. The first-order chi connectivity index (χ1) is 12.5. The van der Waals surface area contributed by atoms with Crippen molar-refractivity contribution in [1.29, 1.82) is 0 Å². The maximum absolute atomic E-state index is 12.7. The van der Waals surface area contributed by atoms with Crippen LogP contribution in [-0.2, 0) is 14.8 Å². The molecule has 1 amide bonds. The van der Waals surface area contributed by atoms with Gasteiger partial charge in [-0.05, 0) is 36.8 Å². The predicted octanol–water partition coefficient (Wildman–Crippen LogP) is 2.39. The van der Waals surface area contributed by atoms with Gasteiger partial charge in [-0.1, -0.05) is 6.07 Å². The molecule has 4 rings (SSSR count). The molecule has 8 heteroatoms. The molecule has 2 aromatic carbocycles. The summed E-state index contributed by atoms with van der Waals surface area (Å²) in [7, 11) is -3.79. The highest BCUT2D eigenvalue weighted by molar-refractivity contribution is 7.92. The van der Waals surface area contributed by atoms with Crippen molar-refractivity contribution in [3.63, 3.8) is 0 Å². The molecule has 1 saturated heterocycles. The van der Waals surface area contributed by atoms with Gasteiger partial charge in [0, 0.05) is 24.7 Å². The average Bonchev–Trinajstić information content (AvgIpc) is 3.07. The monoisotopic (exact) mass is 374 g/mol. The number of nitrogens with one attached hydrogen (secondary N) is 1. The van der Waals surface area contributed by atoms with E-state index in [1.54, 1.807) is 35.2 Å². The van der Waals surface area contributed by atoms with Gasteiger partial charge >= 0.3 is 0 Å². The first-order valence-electron chi connectivity index (χ1n) is 8.36. The van der Waals surface area contributed by atoms with Gasteiger partial charge in [-0.3, -0.25) is 9.52 Å². The average molecular weight is 374 g/mol. The Morgan fingerprint density at radius 3 is 2.58 bits per heavy atom. The number of anilines is 2. The van der Waals surface area contributed by atoms with Gasteiger partial charge in [-0.25, -0.2) is 8.42 Å². The molecule has 2 aliphatic heterocycles. The molecule has 0 unspecified atom stereocenters. The molecule has 0 spiro atoms. The van der Waals surface area contributed by atoms with Crippen LogP contribution in [0, 0.1) is 0 Å². The van der Waals surface area contributed by atoms with Crippen molar-refractivity contribution in [3.05, 3.63) is 42.5 Å². The van der Waals surface area contributed by atoms with Crippen LogP contribution < -0.4 is 19.1 Å². The number of fused-ring (bicyclic) bond motifs is 1. The molecule has 0 aromatic heterocycles. The molecule has 136 valence electrons. The fraction of sp³-hybridized carbons (Fsp3) is 0.278. The minimum atomic E-state index is -3.79. The number of rotatable bonds is 4. The number of sulfonamides is 1. The lowest BCUT2D eigenvalue weighted by Gasteiger charge is -2.19.